The zero-order chi connectivity index (χ0) is 10.8. The van der Waals surface area contributed by atoms with Crippen LogP contribution in [-0.2, 0) is 9.53 Å². The van der Waals surface area contributed by atoms with E-state index in [1.165, 1.54) is 0 Å². The summed E-state index contributed by atoms with van der Waals surface area (Å²) in [6, 6.07) is 7.60. The van der Waals surface area contributed by atoms with Crippen LogP contribution >= 0.6 is 15.9 Å². The van der Waals surface area contributed by atoms with E-state index in [4.69, 9.17) is 4.74 Å². The molecule has 1 aromatic carbocycles. The van der Waals surface area contributed by atoms with Gasteiger partial charge in [-0.3, -0.25) is 0 Å². The van der Waals surface area contributed by atoms with Gasteiger partial charge in [0.25, 0.3) is 0 Å². The predicted octanol–water partition coefficient (Wildman–Crippen LogP) is 2.77. The number of hydrogen-bond donors (Lipinski definition) is 0. The summed E-state index contributed by atoms with van der Waals surface area (Å²) in [4.78, 5) is 15.2. The fourth-order valence-electron chi connectivity index (χ4n) is 1.23. The fourth-order valence-corrected chi connectivity index (χ4v) is 1.50. The Morgan fingerprint density at radius 1 is 1.33 bits per heavy atom. The third-order valence-electron chi connectivity index (χ3n) is 1.90. The summed E-state index contributed by atoms with van der Waals surface area (Å²) in [5.41, 5.74) is 1.26. The molecule has 0 unspecified atom stereocenters. The van der Waals surface area contributed by atoms with Crippen LogP contribution in [0.2, 0.25) is 0 Å². The molecule has 0 fully saturated rings. The lowest BCUT2D eigenvalue weighted by molar-refractivity contribution is -0.130. The van der Waals surface area contributed by atoms with E-state index < -0.39 is 5.97 Å². The summed E-state index contributed by atoms with van der Waals surface area (Å²) in [7, 11) is 0. The van der Waals surface area contributed by atoms with Crippen LogP contribution in [0.4, 0.5) is 0 Å². The van der Waals surface area contributed by atoms with Gasteiger partial charge in [0, 0.05) is 11.4 Å². The van der Waals surface area contributed by atoms with Gasteiger partial charge in [-0.25, -0.2) is 9.79 Å². The molecule has 1 aliphatic heterocycles. The van der Waals surface area contributed by atoms with E-state index in [0.717, 1.165) is 10.0 Å². The first-order valence-corrected chi connectivity index (χ1v) is 5.19. The Bertz CT molecular complexity index is 460. The number of ether oxygens (including phenoxy) is 1. The lowest BCUT2D eigenvalue weighted by Crippen LogP contribution is -1.99. The minimum absolute atomic E-state index is 0.342. The number of carbonyl (C=O) groups is 1. The summed E-state index contributed by atoms with van der Waals surface area (Å²) in [5, 5.41) is 0. The van der Waals surface area contributed by atoms with Gasteiger partial charge >= 0.3 is 5.97 Å². The molecule has 76 valence electrons. The average molecular weight is 266 g/mol. The van der Waals surface area contributed by atoms with Crippen molar-refractivity contribution in [3.05, 3.63) is 40.0 Å². The minimum Gasteiger partial charge on any atom is -0.407 e. The third-order valence-corrected chi connectivity index (χ3v) is 2.43. The highest BCUT2D eigenvalue weighted by atomic mass is 79.9. The van der Waals surface area contributed by atoms with Gasteiger partial charge in [0.1, 0.15) is 0 Å². The van der Waals surface area contributed by atoms with Crippen LogP contribution in [0.5, 0.6) is 0 Å². The Balaban J connectivity index is 2.31. The molecule has 0 N–H and O–H groups in total. The number of esters is 1. The van der Waals surface area contributed by atoms with Crippen LogP contribution in [0, 0.1) is 0 Å². The first kappa shape index (κ1) is 10.1. The number of carbonyl (C=O) groups excluding carboxylic acids is 1. The predicted molar refractivity (Wildman–Crippen MR) is 61.3 cm³/mol. The first-order valence-electron chi connectivity index (χ1n) is 4.40. The SMILES string of the molecule is CC1=N/C(=C/c2ccc(Br)cc2)C(=O)O1. The second-order valence-corrected chi connectivity index (χ2v) is 4.02. The van der Waals surface area contributed by atoms with Crippen molar-refractivity contribution in [1.29, 1.82) is 0 Å². The molecule has 0 saturated carbocycles. The molecule has 0 spiro atoms. The zero-order valence-electron chi connectivity index (χ0n) is 8.03. The minimum atomic E-state index is -0.393. The first-order chi connectivity index (χ1) is 7.15. The highest BCUT2D eigenvalue weighted by Gasteiger charge is 2.19. The summed E-state index contributed by atoms with van der Waals surface area (Å²) in [5.74, 6) is -0.00113. The summed E-state index contributed by atoms with van der Waals surface area (Å²) < 4.78 is 5.80. The molecule has 0 amide bonds. The van der Waals surface area contributed by atoms with Gasteiger partial charge in [-0.1, -0.05) is 28.1 Å². The van der Waals surface area contributed by atoms with Crippen molar-refractivity contribution in [3.8, 4) is 0 Å². The standard InChI is InChI=1S/C11H8BrNO2/c1-7-13-10(11(14)15-7)6-8-2-4-9(12)5-3-8/h2-6H,1H3/b10-6+. The van der Waals surface area contributed by atoms with Crippen molar-refractivity contribution in [2.24, 2.45) is 4.99 Å². The van der Waals surface area contributed by atoms with Crippen molar-refractivity contribution in [1.82, 2.24) is 0 Å². The van der Waals surface area contributed by atoms with E-state index in [0.29, 0.717) is 11.6 Å². The van der Waals surface area contributed by atoms with Crippen LogP contribution in [0.25, 0.3) is 6.08 Å². The van der Waals surface area contributed by atoms with E-state index in [2.05, 4.69) is 20.9 Å². The number of nitrogens with zero attached hydrogens (tertiary/aromatic N) is 1. The van der Waals surface area contributed by atoms with E-state index >= 15 is 0 Å². The van der Waals surface area contributed by atoms with Crippen molar-refractivity contribution in [3.63, 3.8) is 0 Å². The molecule has 0 aliphatic carbocycles. The molecule has 15 heavy (non-hydrogen) atoms. The van der Waals surface area contributed by atoms with E-state index in [1.54, 1.807) is 13.0 Å². The second kappa shape index (κ2) is 3.98. The summed E-state index contributed by atoms with van der Waals surface area (Å²) in [6.45, 7) is 1.65. The van der Waals surface area contributed by atoms with Gasteiger partial charge < -0.3 is 4.74 Å². The van der Waals surface area contributed by atoms with Crippen molar-refractivity contribution in [2.45, 2.75) is 6.92 Å². The molecule has 3 nitrogen and oxygen atoms in total. The molecule has 0 atom stereocenters. The second-order valence-electron chi connectivity index (χ2n) is 3.10. The number of aliphatic imine (C=N–C) groups is 1. The van der Waals surface area contributed by atoms with Crippen molar-refractivity contribution in [2.75, 3.05) is 0 Å². The Morgan fingerprint density at radius 2 is 2.00 bits per heavy atom. The maximum atomic E-state index is 11.2. The molecule has 2 rings (SSSR count). The molecular formula is C11H8BrNO2. The number of halogens is 1. The van der Waals surface area contributed by atoms with Gasteiger partial charge in [-0.15, -0.1) is 0 Å². The van der Waals surface area contributed by atoms with E-state index in [9.17, 15) is 4.79 Å². The third kappa shape index (κ3) is 2.33. The Morgan fingerprint density at radius 3 is 2.53 bits per heavy atom. The van der Waals surface area contributed by atoms with Crippen LogP contribution in [0.3, 0.4) is 0 Å². The summed E-state index contributed by atoms with van der Waals surface area (Å²) in [6.07, 6.45) is 1.70. The maximum absolute atomic E-state index is 11.2. The molecule has 4 heteroatoms. The van der Waals surface area contributed by atoms with Gasteiger partial charge in [0.2, 0.25) is 0 Å². The monoisotopic (exact) mass is 265 g/mol. The smallest absolute Gasteiger partial charge is 0.363 e. The number of cyclic esters (lactones) is 1. The zero-order valence-corrected chi connectivity index (χ0v) is 9.61. The van der Waals surface area contributed by atoms with Crippen molar-refractivity contribution >= 4 is 33.9 Å². The van der Waals surface area contributed by atoms with Gasteiger partial charge in [0.05, 0.1) is 0 Å². The van der Waals surface area contributed by atoms with Crippen LogP contribution in [0.1, 0.15) is 12.5 Å². The molecule has 0 saturated heterocycles. The van der Waals surface area contributed by atoms with Gasteiger partial charge in [-0.05, 0) is 23.8 Å². The Hall–Kier alpha value is -1.42. The molecule has 0 aromatic heterocycles. The maximum Gasteiger partial charge on any atom is 0.363 e. The normalized spacial score (nSPS) is 17.9. The number of benzene rings is 1. The lowest BCUT2D eigenvalue weighted by Gasteiger charge is -1.94. The van der Waals surface area contributed by atoms with Crippen LogP contribution < -0.4 is 0 Å². The van der Waals surface area contributed by atoms with Crippen molar-refractivity contribution < 1.29 is 9.53 Å². The molecule has 0 radical (unpaired) electrons. The number of hydrogen-bond acceptors (Lipinski definition) is 3. The van der Waals surface area contributed by atoms with E-state index in [-0.39, 0.29) is 0 Å². The lowest BCUT2D eigenvalue weighted by atomic mass is 10.2. The fraction of sp³-hybridized carbons (Fsp3) is 0.0909. The van der Waals surface area contributed by atoms with E-state index in [1.807, 2.05) is 24.3 Å². The van der Waals surface area contributed by atoms with Gasteiger partial charge in [-0.2, -0.15) is 0 Å². The highest BCUT2D eigenvalue weighted by molar-refractivity contribution is 9.10. The number of rotatable bonds is 1. The Labute approximate surface area is 95.6 Å². The molecule has 1 aromatic rings. The van der Waals surface area contributed by atoms with Crippen LogP contribution in [0.15, 0.2) is 39.4 Å². The Kier molecular flexibility index (Phi) is 2.68. The largest absolute Gasteiger partial charge is 0.407 e. The van der Waals surface area contributed by atoms with Gasteiger partial charge in [0.15, 0.2) is 11.6 Å². The molecule has 1 aliphatic rings. The molecule has 0 bridgehead atoms. The topological polar surface area (TPSA) is 38.7 Å². The molecule has 1 heterocycles. The highest BCUT2D eigenvalue weighted by Crippen LogP contribution is 2.17. The quantitative estimate of drug-likeness (QED) is 0.579. The summed E-state index contributed by atoms with van der Waals surface area (Å²) >= 11 is 3.34. The average Bonchev–Trinajstić information content (AvgIpc) is 2.49. The molecular weight excluding hydrogens is 258 g/mol. The van der Waals surface area contributed by atoms with Crippen LogP contribution in [-0.4, -0.2) is 11.9 Å².